The zero-order chi connectivity index (χ0) is 31.5. The lowest BCUT2D eigenvalue weighted by molar-refractivity contribution is 0.629. The van der Waals surface area contributed by atoms with Crippen LogP contribution in [0.5, 0.6) is 0 Å². The lowest BCUT2D eigenvalue weighted by Crippen LogP contribution is -2.35. The third-order valence-corrected chi connectivity index (χ3v) is 10.5. The minimum atomic E-state index is -0.212. The number of fused-ring (bicyclic) bond motifs is 5. The second-order valence-corrected chi connectivity index (χ2v) is 13.7. The Kier molecular flexibility index (Phi) is 6.47. The van der Waals surface area contributed by atoms with Gasteiger partial charge in [-0.1, -0.05) is 117 Å². The maximum absolute atomic E-state index is 2.59. The number of hydrogen-bond acceptors (Lipinski definition) is 1. The molecule has 2 aliphatic carbocycles. The Morgan fingerprint density at radius 3 is 2.15 bits per heavy atom. The largest absolute Gasteiger partial charge is 0.338 e. The van der Waals surface area contributed by atoms with Crippen molar-refractivity contribution in [1.82, 2.24) is 4.57 Å². The molecular formula is C45H38N2. The second-order valence-electron chi connectivity index (χ2n) is 13.7. The first-order valence-electron chi connectivity index (χ1n) is 16.9. The first-order valence-corrected chi connectivity index (χ1v) is 16.9. The second kappa shape index (κ2) is 10.9. The molecule has 0 N–H and O–H groups in total. The van der Waals surface area contributed by atoms with Gasteiger partial charge in [0.1, 0.15) is 0 Å². The first-order chi connectivity index (χ1) is 23.1. The number of nitrogens with zero attached hydrogens (tertiary/aromatic N) is 2. The Labute approximate surface area is 277 Å². The minimum Gasteiger partial charge on any atom is -0.338 e. The average Bonchev–Trinajstić information content (AvgIpc) is 3.46. The molecule has 228 valence electrons. The van der Waals surface area contributed by atoms with E-state index in [2.05, 4.69) is 175 Å². The molecular weight excluding hydrogens is 569 g/mol. The number of aromatic nitrogens is 1. The molecule has 1 aromatic heterocycles. The molecule has 47 heavy (non-hydrogen) atoms. The molecule has 0 amide bonds. The van der Waals surface area contributed by atoms with E-state index in [1.807, 2.05) is 0 Å². The van der Waals surface area contributed by atoms with Gasteiger partial charge in [0.15, 0.2) is 0 Å². The molecule has 1 atom stereocenters. The van der Waals surface area contributed by atoms with Gasteiger partial charge in [0.2, 0.25) is 0 Å². The maximum atomic E-state index is 2.59. The summed E-state index contributed by atoms with van der Waals surface area (Å²) in [7, 11) is 0. The fourth-order valence-corrected chi connectivity index (χ4v) is 8.12. The van der Waals surface area contributed by atoms with Crippen LogP contribution < -0.4 is 4.90 Å². The quantitative estimate of drug-likeness (QED) is 0.190. The van der Waals surface area contributed by atoms with E-state index in [1.165, 1.54) is 72.3 Å². The first kappa shape index (κ1) is 27.9. The van der Waals surface area contributed by atoms with Crippen molar-refractivity contribution in [3.8, 4) is 27.9 Å². The molecule has 2 heterocycles. The zero-order valence-electron chi connectivity index (χ0n) is 27.0. The zero-order valence-corrected chi connectivity index (χ0v) is 27.0. The molecule has 2 heteroatoms. The molecule has 0 bridgehead atoms. The molecule has 3 aliphatic rings. The lowest BCUT2D eigenvalue weighted by atomic mass is 9.73. The highest BCUT2D eigenvalue weighted by Gasteiger charge is 2.37. The molecule has 0 fully saturated rings. The molecule has 9 rings (SSSR count). The average molecular weight is 607 g/mol. The van der Waals surface area contributed by atoms with Crippen LogP contribution in [0, 0.1) is 0 Å². The monoisotopic (exact) mass is 606 g/mol. The van der Waals surface area contributed by atoms with Gasteiger partial charge in [-0.25, -0.2) is 0 Å². The van der Waals surface area contributed by atoms with E-state index in [1.54, 1.807) is 0 Å². The van der Waals surface area contributed by atoms with E-state index in [4.69, 9.17) is 0 Å². The summed E-state index contributed by atoms with van der Waals surface area (Å²) in [5, 5.41) is 2.62. The summed E-state index contributed by atoms with van der Waals surface area (Å²) >= 11 is 0. The number of rotatable bonds is 5. The molecule has 0 saturated heterocycles. The van der Waals surface area contributed by atoms with Crippen molar-refractivity contribution in [3.63, 3.8) is 0 Å². The van der Waals surface area contributed by atoms with Crippen LogP contribution in [0.1, 0.15) is 44.2 Å². The van der Waals surface area contributed by atoms with E-state index in [-0.39, 0.29) is 5.41 Å². The van der Waals surface area contributed by atoms with Crippen LogP contribution in [-0.4, -0.2) is 10.6 Å². The van der Waals surface area contributed by atoms with Gasteiger partial charge in [0, 0.05) is 27.6 Å². The summed E-state index contributed by atoms with van der Waals surface area (Å²) in [5.74, 6) is 0. The van der Waals surface area contributed by atoms with Crippen LogP contribution in [0.4, 0.5) is 5.69 Å². The van der Waals surface area contributed by atoms with Crippen LogP contribution in [0.3, 0.4) is 0 Å². The van der Waals surface area contributed by atoms with Crippen LogP contribution in [0.25, 0.3) is 49.7 Å². The van der Waals surface area contributed by atoms with Gasteiger partial charge in [-0.15, -0.1) is 0 Å². The van der Waals surface area contributed by atoms with Crippen molar-refractivity contribution < 1.29 is 0 Å². The number of hydrogen-bond donors (Lipinski definition) is 0. The summed E-state index contributed by atoms with van der Waals surface area (Å²) < 4.78 is 2.55. The Morgan fingerprint density at radius 2 is 1.43 bits per heavy atom. The minimum absolute atomic E-state index is 0.212. The van der Waals surface area contributed by atoms with E-state index in [9.17, 15) is 0 Å². The smallest absolute Gasteiger partial charge is 0.0582 e. The van der Waals surface area contributed by atoms with Crippen molar-refractivity contribution in [2.24, 2.45) is 0 Å². The third-order valence-electron chi connectivity index (χ3n) is 10.5. The normalized spacial score (nSPS) is 17.6. The van der Waals surface area contributed by atoms with Crippen LogP contribution in [0.15, 0.2) is 157 Å². The van der Waals surface area contributed by atoms with Crippen molar-refractivity contribution >= 4 is 27.5 Å². The molecule has 6 aromatic rings. The summed E-state index contributed by atoms with van der Waals surface area (Å²) in [5.41, 5.74) is 14.1. The summed E-state index contributed by atoms with van der Waals surface area (Å²) in [6.07, 6.45) is 19.0. The van der Waals surface area contributed by atoms with Gasteiger partial charge in [-0.2, -0.15) is 0 Å². The van der Waals surface area contributed by atoms with Crippen LogP contribution >= 0.6 is 0 Å². The summed E-state index contributed by atoms with van der Waals surface area (Å²) in [6, 6.07) is 41.1. The maximum Gasteiger partial charge on any atom is 0.0582 e. The molecule has 0 saturated carbocycles. The van der Waals surface area contributed by atoms with Gasteiger partial charge >= 0.3 is 0 Å². The third kappa shape index (κ3) is 4.47. The van der Waals surface area contributed by atoms with Gasteiger partial charge in [0.25, 0.3) is 0 Å². The van der Waals surface area contributed by atoms with Crippen molar-refractivity contribution in [2.45, 2.75) is 44.6 Å². The standard InChI is InChI=1S/C45H38N2/c1-45(2)40-30-37(46(35-19-11-5-12-20-35)36-21-13-6-14-22-36)24-26-43(40)47-42-25-23-33(31-15-7-3-8-16-31)27-38(42)39-28-34(29-41(45)44(39)47)32-17-9-4-10-18-32/h3-13,15-19,21,23-30,35H,14,20,22H2,1-2H3. The summed E-state index contributed by atoms with van der Waals surface area (Å²) in [4.78, 5) is 2.59. The highest BCUT2D eigenvalue weighted by atomic mass is 15.2. The predicted molar refractivity (Wildman–Crippen MR) is 199 cm³/mol. The number of benzene rings is 5. The van der Waals surface area contributed by atoms with Gasteiger partial charge in [0.05, 0.1) is 22.8 Å². The fourth-order valence-electron chi connectivity index (χ4n) is 8.12. The Balaban J connectivity index is 1.31. The van der Waals surface area contributed by atoms with E-state index in [0.717, 1.165) is 19.3 Å². The molecule has 1 aliphatic heterocycles. The Bertz CT molecular complexity index is 2290. The van der Waals surface area contributed by atoms with E-state index < -0.39 is 0 Å². The lowest BCUT2D eigenvalue weighted by Gasteiger charge is -2.39. The highest BCUT2D eigenvalue weighted by Crippen LogP contribution is 2.50. The molecule has 0 spiro atoms. The predicted octanol–water partition coefficient (Wildman–Crippen LogP) is 11.7. The summed E-state index contributed by atoms with van der Waals surface area (Å²) in [6.45, 7) is 4.85. The van der Waals surface area contributed by atoms with Gasteiger partial charge in [-0.3, -0.25) is 0 Å². The topological polar surface area (TPSA) is 8.17 Å². The van der Waals surface area contributed by atoms with Crippen molar-refractivity contribution in [1.29, 1.82) is 0 Å². The molecule has 2 nitrogen and oxygen atoms in total. The Hall–Kier alpha value is -5.34. The van der Waals surface area contributed by atoms with E-state index >= 15 is 0 Å². The van der Waals surface area contributed by atoms with Crippen molar-refractivity contribution in [2.75, 3.05) is 4.90 Å². The fraction of sp³-hybridized carbons (Fsp3) is 0.156. The number of allylic oxidation sites excluding steroid dienone is 6. The molecule has 0 radical (unpaired) electrons. The van der Waals surface area contributed by atoms with E-state index in [0.29, 0.717) is 6.04 Å². The highest BCUT2D eigenvalue weighted by molar-refractivity contribution is 6.14. The SMILES string of the molecule is CC1(C)c2cc(N(C3=CC=CCC3)C3C=CC=CC3)ccc2-n2c3ccc(-c4ccccc4)cc3c3cc(-c4ccccc4)cc1c32. The Morgan fingerprint density at radius 1 is 0.660 bits per heavy atom. The van der Waals surface area contributed by atoms with Crippen molar-refractivity contribution in [3.05, 3.63) is 169 Å². The molecule has 5 aromatic carbocycles. The van der Waals surface area contributed by atoms with Crippen LogP contribution in [-0.2, 0) is 5.41 Å². The van der Waals surface area contributed by atoms with Crippen LogP contribution in [0.2, 0.25) is 0 Å². The molecule has 1 unspecified atom stereocenters. The number of anilines is 1. The van der Waals surface area contributed by atoms with Gasteiger partial charge in [-0.05, 0) is 101 Å². The van der Waals surface area contributed by atoms with Gasteiger partial charge < -0.3 is 9.47 Å².